The molecule has 290 valence electrons. The van der Waals surface area contributed by atoms with E-state index >= 15 is 0 Å². The molecule has 0 aliphatic carbocycles. The SMILES string of the molecule is c1ccc(-c2oc3c4ccccc4c4cc(N(c5ccc(-c6ccc7ccccc7c6)cc5)c5ccc(-c6ccc7ccccc7c6)cc5)ccc4c3c2-c2ccccc2)cc1. The third kappa shape index (κ3) is 6.12. The largest absolute Gasteiger partial charge is 0.455 e. The van der Waals surface area contributed by atoms with Crippen molar-refractivity contribution >= 4 is 71.1 Å². The lowest BCUT2D eigenvalue weighted by molar-refractivity contribution is 0.636. The number of hydrogen-bond donors (Lipinski definition) is 0. The highest BCUT2D eigenvalue weighted by molar-refractivity contribution is 6.29. The predicted octanol–water partition coefficient (Wildman–Crippen LogP) is 17.2. The van der Waals surface area contributed by atoms with Crippen LogP contribution in [0.15, 0.2) is 241 Å². The Morgan fingerprint density at radius 2 is 0.742 bits per heavy atom. The molecule has 0 spiro atoms. The summed E-state index contributed by atoms with van der Waals surface area (Å²) in [4.78, 5) is 2.38. The van der Waals surface area contributed by atoms with Crippen LogP contribution >= 0.6 is 0 Å². The molecule has 0 atom stereocenters. The average molecular weight is 790 g/mol. The van der Waals surface area contributed by atoms with Gasteiger partial charge in [0, 0.05) is 39.0 Å². The molecule has 0 bridgehead atoms. The molecule has 0 radical (unpaired) electrons. The zero-order chi connectivity index (χ0) is 41.0. The Morgan fingerprint density at radius 3 is 1.32 bits per heavy atom. The van der Waals surface area contributed by atoms with E-state index in [-0.39, 0.29) is 0 Å². The number of fused-ring (bicyclic) bond motifs is 8. The van der Waals surface area contributed by atoms with Gasteiger partial charge in [-0.15, -0.1) is 0 Å². The first kappa shape index (κ1) is 35.7. The topological polar surface area (TPSA) is 16.4 Å². The van der Waals surface area contributed by atoms with Gasteiger partial charge in [-0.1, -0.05) is 188 Å². The van der Waals surface area contributed by atoms with Crippen LogP contribution in [0, 0.1) is 0 Å². The zero-order valence-corrected chi connectivity index (χ0v) is 33.9. The molecule has 12 aromatic rings. The van der Waals surface area contributed by atoms with Crippen LogP contribution in [-0.4, -0.2) is 0 Å². The van der Waals surface area contributed by atoms with E-state index in [2.05, 4.69) is 241 Å². The third-order valence-corrected chi connectivity index (χ3v) is 12.4. The van der Waals surface area contributed by atoms with Gasteiger partial charge in [0.25, 0.3) is 0 Å². The molecule has 2 nitrogen and oxygen atoms in total. The smallest absolute Gasteiger partial charge is 0.143 e. The lowest BCUT2D eigenvalue weighted by Crippen LogP contribution is -2.10. The second-order valence-corrected chi connectivity index (χ2v) is 16.1. The maximum atomic E-state index is 7.01. The van der Waals surface area contributed by atoms with Gasteiger partial charge in [0.15, 0.2) is 0 Å². The highest BCUT2D eigenvalue weighted by Crippen LogP contribution is 2.49. The van der Waals surface area contributed by atoms with Crippen LogP contribution in [0.4, 0.5) is 17.1 Å². The van der Waals surface area contributed by atoms with Crippen molar-refractivity contribution in [1.29, 1.82) is 0 Å². The van der Waals surface area contributed by atoms with Gasteiger partial charge in [0.1, 0.15) is 11.3 Å². The highest BCUT2D eigenvalue weighted by atomic mass is 16.3. The monoisotopic (exact) mass is 789 g/mol. The standard InChI is InChI=1S/C60H39NO/c1-3-15-44(16-4-1)57-58-54-36-35-52(39-56(54)53-21-11-12-22-55(53)60(58)62-59(57)45-17-5-2-6-18-45)61(50-31-27-42(28-32-50)48-25-23-40-13-7-9-19-46(40)37-48)51-33-29-43(30-34-51)49-26-24-41-14-8-10-20-47(41)38-49/h1-39H. The Hall–Kier alpha value is -8.20. The molecule has 62 heavy (non-hydrogen) atoms. The summed E-state index contributed by atoms with van der Waals surface area (Å²) >= 11 is 0. The van der Waals surface area contributed by atoms with Crippen LogP contribution in [0.2, 0.25) is 0 Å². The Kier molecular flexibility index (Phi) is 8.53. The summed E-state index contributed by atoms with van der Waals surface area (Å²) in [5.41, 5.74) is 12.2. The maximum Gasteiger partial charge on any atom is 0.143 e. The second-order valence-electron chi connectivity index (χ2n) is 16.1. The van der Waals surface area contributed by atoms with E-state index in [4.69, 9.17) is 4.42 Å². The van der Waals surface area contributed by atoms with Crippen molar-refractivity contribution in [3.63, 3.8) is 0 Å². The minimum Gasteiger partial charge on any atom is -0.455 e. The summed E-state index contributed by atoms with van der Waals surface area (Å²) in [6.45, 7) is 0. The van der Waals surface area contributed by atoms with Crippen molar-refractivity contribution in [2.45, 2.75) is 0 Å². The normalized spacial score (nSPS) is 11.5. The maximum absolute atomic E-state index is 7.01. The summed E-state index contributed by atoms with van der Waals surface area (Å²) in [5.74, 6) is 0.883. The van der Waals surface area contributed by atoms with E-state index in [0.29, 0.717) is 0 Å². The van der Waals surface area contributed by atoms with Crippen molar-refractivity contribution < 1.29 is 4.42 Å². The van der Waals surface area contributed by atoms with Crippen LogP contribution in [-0.2, 0) is 0 Å². The molecular weight excluding hydrogens is 751 g/mol. The third-order valence-electron chi connectivity index (χ3n) is 12.4. The van der Waals surface area contributed by atoms with Crippen molar-refractivity contribution in [2.75, 3.05) is 4.90 Å². The first-order chi connectivity index (χ1) is 30.7. The Morgan fingerprint density at radius 1 is 0.274 bits per heavy atom. The molecule has 0 aliphatic rings. The van der Waals surface area contributed by atoms with Gasteiger partial charge in [-0.2, -0.15) is 0 Å². The number of anilines is 3. The van der Waals surface area contributed by atoms with E-state index in [0.717, 1.165) is 66.6 Å². The van der Waals surface area contributed by atoms with E-state index < -0.39 is 0 Å². The predicted molar refractivity (Wildman–Crippen MR) is 263 cm³/mol. The molecule has 2 heteroatoms. The Bertz CT molecular complexity index is 3480. The van der Waals surface area contributed by atoms with Crippen LogP contribution in [0.3, 0.4) is 0 Å². The lowest BCUT2D eigenvalue weighted by atomic mass is 9.92. The van der Waals surface area contributed by atoms with Crippen molar-refractivity contribution in [1.82, 2.24) is 0 Å². The number of hydrogen-bond acceptors (Lipinski definition) is 2. The van der Waals surface area contributed by atoms with Crippen LogP contribution in [0.25, 0.3) is 98.8 Å². The van der Waals surface area contributed by atoms with Crippen LogP contribution in [0.1, 0.15) is 0 Å². The Labute approximate surface area is 360 Å². The van der Waals surface area contributed by atoms with Crippen LogP contribution in [0.5, 0.6) is 0 Å². The summed E-state index contributed by atoms with van der Waals surface area (Å²) in [7, 11) is 0. The molecule has 11 aromatic carbocycles. The van der Waals surface area contributed by atoms with Crippen LogP contribution < -0.4 is 4.90 Å². The fourth-order valence-corrected chi connectivity index (χ4v) is 9.37. The molecule has 1 aromatic heterocycles. The fraction of sp³-hybridized carbons (Fsp3) is 0. The summed E-state index contributed by atoms with van der Waals surface area (Å²) < 4.78 is 7.01. The molecule has 0 fully saturated rings. The van der Waals surface area contributed by atoms with Gasteiger partial charge in [-0.3, -0.25) is 0 Å². The molecule has 0 amide bonds. The van der Waals surface area contributed by atoms with Crippen molar-refractivity contribution in [3.8, 4) is 44.7 Å². The van der Waals surface area contributed by atoms with Gasteiger partial charge in [0.05, 0.1) is 0 Å². The number of nitrogens with zero attached hydrogens (tertiary/aromatic N) is 1. The van der Waals surface area contributed by atoms with Gasteiger partial charge in [-0.25, -0.2) is 0 Å². The molecular formula is C60H39NO. The quantitative estimate of drug-likeness (QED) is 0.150. The summed E-state index contributed by atoms with van der Waals surface area (Å²) in [5, 5.41) is 10.7. The van der Waals surface area contributed by atoms with E-state index in [1.165, 1.54) is 49.2 Å². The lowest BCUT2D eigenvalue weighted by Gasteiger charge is -2.26. The second kappa shape index (κ2) is 14.8. The van der Waals surface area contributed by atoms with Gasteiger partial charge >= 0.3 is 0 Å². The van der Waals surface area contributed by atoms with E-state index in [9.17, 15) is 0 Å². The summed E-state index contributed by atoms with van der Waals surface area (Å²) in [6.07, 6.45) is 0. The molecule has 1 heterocycles. The molecule has 12 rings (SSSR count). The first-order valence-corrected chi connectivity index (χ1v) is 21.2. The molecule has 0 aliphatic heterocycles. The first-order valence-electron chi connectivity index (χ1n) is 21.2. The molecule has 0 unspecified atom stereocenters. The molecule has 0 saturated carbocycles. The summed E-state index contributed by atoms with van der Waals surface area (Å²) in [6, 6.07) is 85.3. The molecule has 0 saturated heterocycles. The molecule has 0 N–H and O–H groups in total. The van der Waals surface area contributed by atoms with Crippen molar-refractivity contribution in [2.24, 2.45) is 0 Å². The average Bonchev–Trinajstić information content (AvgIpc) is 3.76. The van der Waals surface area contributed by atoms with Gasteiger partial charge in [-0.05, 0) is 114 Å². The Balaban J connectivity index is 1.05. The minimum absolute atomic E-state index is 0.883. The minimum atomic E-state index is 0.883. The highest BCUT2D eigenvalue weighted by Gasteiger charge is 2.24. The fourth-order valence-electron chi connectivity index (χ4n) is 9.37. The van der Waals surface area contributed by atoms with E-state index in [1.807, 2.05) is 0 Å². The van der Waals surface area contributed by atoms with Gasteiger partial charge in [0.2, 0.25) is 0 Å². The van der Waals surface area contributed by atoms with E-state index in [1.54, 1.807) is 0 Å². The van der Waals surface area contributed by atoms with Gasteiger partial charge < -0.3 is 9.32 Å². The van der Waals surface area contributed by atoms with Crippen molar-refractivity contribution in [3.05, 3.63) is 237 Å². The number of benzene rings is 11. The number of rotatable bonds is 7. The number of furan rings is 1. The zero-order valence-electron chi connectivity index (χ0n) is 33.9.